The van der Waals surface area contributed by atoms with Crippen molar-refractivity contribution >= 4 is 0 Å². The first-order chi connectivity index (χ1) is 4.18. The molecule has 0 aromatic carbocycles. The Bertz CT molecular complexity index is 86.6. The van der Waals surface area contributed by atoms with Gasteiger partial charge in [-0.3, -0.25) is 0 Å². The van der Waals surface area contributed by atoms with Crippen molar-refractivity contribution in [3.05, 3.63) is 37.0 Å². The van der Waals surface area contributed by atoms with Crippen LogP contribution in [0.25, 0.3) is 0 Å². The van der Waals surface area contributed by atoms with Gasteiger partial charge in [-0.05, 0) is 20.8 Å². The molecule has 0 aromatic heterocycles. The summed E-state index contributed by atoms with van der Waals surface area (Å²) in [7, 11) is 0. The predicted molar refractivity (Wildman–Crippen MR) is 45.5 cm³/mol. The summed E-state index contributed by atoms with van der Waals surface area (Å²) in [6.07, 6.45) is 5.36. The third kappa shape index (κ3) is 39.9. The number of allylic oxidation sites excluding steroid dienone is 4. The fourth-order valence-corrected chi connectivity index (χ4v) is 0. The van der Waals surface area contributed by atoms with Crippen LogP contribution in [-0.4, -0.2) is 0 Å². The number of rotatable bonds is 1. The van der Waals surface area contributed by atoms with Gasteiger partial charge in [0.1, 0.15) is 0 Å². The maximum absolute atomic E-state index is 3.36. The SMILES string of the molecule is C=CC=C.CC=C(C)C. The third-order valence-corrected chi connectivity index (χ3v) is 0.744. The monoisotopic (exact) mass is 124 g/mol. The van der Waals surface area contributed by atoms with Crippen LogP contribution in [0.3, 0.4) is 0 Å². The summed E-state index contributed by atoms with van der Waals surface area (Å²) >= 11 is 0. The Balaban J connectivity index is 0. The van der Waals surface area contributed by atoms with E-state index in [1.807, 2.05) is 6.92 Å². The molecule has 0 amide bonds. The van der Waals surface area contributed by atoms with E-state index in [0.717, 1.165) is 0 Å². The topological polar surface area (TPSA) is 0 Å². The molecule has 0 saturated carbocycles. The van der Waals surface area contributed by atoms with Crippen LogP contribution in [0.2, 0.25) is 0 Å². The van der Waals surface area contributed by atoms with Gasteiger partial charge in [0, 0.05) is 0 Å². The van der Waals surface area contributed by atoms with Crippen LogP contribution >= 0.6 is 0 Å². The predicted octanol–water partition coefficient (Wildman–Crippen LogP) is 3.33. The van der Waals surface area contributed by atoms with Crippen LogP contribution in [0.4, 0.5) is 0 Å². The first-order valence-electron chi connectivity index (χ1n) is 3.02. The van der Waals surface area contributed by atoms with Crippen molar-refractivity contribution in [2.24, 2.45) is 0 Å². The largest absolute Gasteiger partial charge is 0.0991 e. The standard InChI is InChI=1S/C5H10.C4H6/c1-4-5(2)3;1-3-4-2/h4H,1-3H3;3-4H,1-2H2. The van der Waals surface area contributed by atoms with Gasteiger partial charge in [-0.1, -0.05) is 37.0 Å². The highest BCUT2D eigenvalue weighted by Gasteiger charge is 1.60. The first kappa shape index (κ1) is 11.1. The van der Waals surface area contributed by atoms with Crippen molar-refractivity contribution in [1.29, 1.82) is 0 Å². The summed E-state index contributed by atoms with van der Waals surface area (Å²) in [5.41, 5.74) is 1.38. The van der Waals surface area contributed by atoms with E-state index < -0.39 is 0 Å². The van der Waals surface area contributed by atoms with Gasteiger partial charge in [-0.2, -0.15) is 0 Å². The minimum absolute atomic E-state index is 1.38. The molecule has 9 heavy (non-hydrogen) atoms. The molecule has 0 radical (unpaired) electrons. The molecular formula is C9H16. The zero-order valence-electron chi connectivity index (χ0n) is 6.65. The lowest BCUT2D eigenvalue weighted by molar-refractivity contribution is 1.36. The summed E-state index contributed by atoms with van der Waals surface area (Å²) in [6, 6.07) is 0. The van der Waals surface area contributed by atoms with Gasteiger partial charge in [0.15, 0.2) is 0 Å². The van der Waals surface area contributed by atoms with Crippen LogP contribution in [-0.2, 0) is 0 Å². The molecule has 0 aliphatic rings. The van der Waals surface area contributed by atoms with Crippen LogP contribution < -0.4 is 0 Å². The van der Waals surface area contributed by atoms with Gasteiger partial charge >= 0.3 is 0 Å². The lowest BCUT2D eigenvalue weighted by atomic mass is 10.3. The van der Waals surface area contributed by atoms with Crippen LogP contribution in [0.5, 0.6) is 0 Å². The maximum Gasteiger partial charge on any atom is -0.0442 e. The summed E-state index contributed by atoms with van der Waals surface area (Å²) in [5, 5.41) is 0. The van der Waals surface area contributed by atoms with E-state index in [9.17, 15) is 0 Å². The van der Waals surface area contributed by atoms with Crippen molar-refractivity contribution < 1.29 is 0 Å². The van der Waals surface area contributed by atoms with Gasteiger partial charge in [0.25, 0.3) is 0 Å². The highest BCUT2D eigenvalue weighted by Crippen LogP contribution is 1.82. The van der Waals surface area contributed by atoms with E-state index in [-0.39, 0.29) is 0 Å². The molecule has 0 saturated heterocycles. The van der Waals surface area contributed by atoms with Gasteiger partial charge < -0.3 is 0 Å². The molecule has 0 bridgehead atoms. The fourth-order valence-electron chi connectivity index (χ4n) is 0. The molecule has 0 aliphatic carbocycles. The van der Waals surface area contributed by atoms with E-state index in [4.69, 9.17) is 0 Å². The van der Waals surface area contributed by atoms with Crippen LogP contribution in [0.1, 0.15) is 20.8 Å². The number of hydrogen-bond donors (Lipinski definition) is 0. The normalized spacial score (nSPS) is 6.11. The van der Waals surface area contributed by atoms with E-state index in [2.05, 4.69) is 33.1 Å². The van der Waals surface area contributed by atoms with Gasteiger partial charge in [-0.15, -0.1) is 0 Å². The zero-order chi connectivity index (χ0) is 7.70. The summed E-state index contributed by atoms with van der Waals surface area (Å²) in [5.74, 6) is 0. The Labute approximate surface area is 58.6 Å². The molecule has 0 rings (SSSR count). The highest BCUT2D eigenvalue weighted by molar-refractivity contribution is 4.89. The molecule has 0 nitrogen and oxygen atoms in total. The molecule has 0 atom stereocenters. The summed E-state index contributed by atoms with van der Waals surface area (Å²) in [4.78, 5) is 0. The van der Waals surface area contributed by atoms with Gasteiger partial charge in [-0.25, -0.2) is 0 Å². The Morgan fingerprint density at radius 3 is 1.33 bits per heavy atom. The molecule has 0 aliphatic heterocycles. The van der Waals surface area contributed by atoms with Crippen molar-refractivity contribution in [3.63, 3.8) is 0 Å². The Morgan fingerprint density at radius 1 is 1.11 bits per heavy atom. The molecule has 0 spiro atoms. The summed E-state index contributed by atoms with van der Waals surface area (Å²) < 4.78 is 0. The molecule has 0 fully saturated rings. The van der Waals surface area contributed by atoms with Crippen molar-refractivity contribution in [3.8, 4) is 0 Å². The Morgan fingerprint density at radius 2 is 1.33 bits per heavy atom. The fraction of sp³-hybridized carbons (Fsp3) is 0.333. The lowest BCUT2D eigenvalue weighted by Crippen LogP contribution is -1.52. The average molecular weight is 124 g/mol. The van der Waals surface area contributed by atoms with Crippen LogP contribution in [0.15, 0.2) is 37.0 Å². The molecule has 0 unspecified atom stereocenters. The second-order valence-electron chi connectivity index (χ2n) is 1.84. The second-order valence-corrected chi connectivity index (χ2v) is 1.84. The molecule has 52 valence electrons. The van der Waals surface area contributed by atoms with Crippen molar-refractivity contribution in [1.82, 2.24) is 0 Å². The lowest BCUT2D eigenvalue weighted by Gasteiger charge is -1.74. The average Bonchev–Trinajstić information content (AvgIpc) is 1.89. The van der Waals surface area contributed by atoms with Gasteiger partial charge in [0.05, 0.1) is 0 Å². The third-order valence-electron chi connectivity index (χ3n) is 0.744. The zero-order valence-corrected chi connectivity index (χ0v) is 6.65. The smallest absolute Gasteiger partial charge is 0.0442 e. The summed E-state index contributed by atoms with van der Waals surface area (Å²) in [6.45, 7) is 12.9. The molecule has 0 aromatic rings. The highest BCUT2D eigenvalue weighted by atomic mass is 13.7. The first-order valence-corrected chi connectivity index (χ1v) is 3.02. The van der Waals surface area contributed by atoms with E-state index in [1.54, 1.807) is 12.2 Å². The van der Waals surface area contributed by atoms with Crippen LogP contribution in [0, 0.1) is 0 Å². The number of hydrogen-bond acceptors (Lipinski definition) is 0. The van der Waals surface area contributed by atoms with E-state index in [1.165, 1.54) is 5.57 Å². The molecular weight excluding hydrogens is 108 g/mol. The minimum atomic E-state index is 1.38. The maximum atomic E-state index is 3.36. The quantitative estimate of drug-likeness (QED) is 0.371. The minimum Gasteiger partial charge on any atom is -0.0991 e. The van der Waals surface area contributed by atoms with Gasteiger partial charge in [0.2, 0.25) is 0 Å². The molecule has 0 heteroatoms. The van der Waals surface area contributed by atoms with E-state index in [0.29, 0.717) is 0 Å². The van der Waals surface area contributed by atoms with Crippen molar-refractivity contribution in [2.75, 3.05) is 0 Å². The van der Waals surface area contributed by atoms with Crippen molar-refractivity contribution in [2.45, 2.75) is 20.8 Å². The Hall–Kier alpha value is -0.780. The Kier molecular flexibility index (Phi) is 12.6. The molecule has 0 heterocycles. The van der Waals surface area contributed by atoms with E-state index >= 15 is 0 Å². The molecule has 0 N–H and O–H groups in total. The second kappa shape index (κ2) is 10.3.